The van der Waals surface area contributed by atoms with Gasteiger partial charge in [-0.15, -0.1) is 0 Å². The Labute approximate surface area is 123 Å². The molecule has 0 aliphatic carbocycles. The van der Waals surface area contributed by atoms with Crippen LogP contribution in [0.3, 0.4) is 0 Å². The summed E-state index contributed by atoms with van der Waals surface area (Å²) in [7, 11) is 0. The molecule has 0 aliphatic heterocycles. The van der Waals surface area contributed by atoms with Crippen LogP contribution in [0.5, 0.6) is 0 Å². The van der Waals surface area contributed by atoms with Crippen LogP contribution in [-0.4, -0.2) is 0 Å². The molecule has 0 spiro atoms. The normalized spacial score (nSPS) is 12.8. The van der Waals surface area contributed by atoms with Gasteiger partial charge in [-0.2, -0.15) is 0 Å². The Bertz CT molecular complexity index is 150. The second-order valence-corrected chi connectivity index (χ2v) is 6.57. The van der Waals surface area contributed by atoms with Gasteiger partial charge in [0, 0.05) is 0 Å². The molecule has 0 rings (SSSR count). The summed E-state index contributed by atoms with van der Waals surface area (Å²) in [6, 6.07) is 0. The number of rotatable bonds is 15. The van der Waals surface area contributed by atoms with Gasteiger partial charge < -0.3 is 0 Å². The van der Waals surface area contributed by atoms with E-state index in [4.69, 9.17) is 0 Å². The van der Waals surface area contributed by atoms with Crippen molar-refractivity contribution >= 4 is 0 Å². The summed E-state index contributed by atoms with van der Waals surface area (Å²) in [5, 5.41) is 0. The molecule has 116 valence electrons. The summed E-state index contributed by atoms with van der Waals surface area (Å²) >= 11 is 0. The zero-order valence-corrected chi connectivity index (χ0v) is 14.2. The summed E-state index contributed by atoms with van der Waals surface area (Å²) in [5.41, 5.74) is 0. The van der Waals surface area contributed by atoms with Crippen molar-refractivity contribution in [2.75, 3.05) is 0 Å². The van der Waals surface area contributed by atoms with Gasteiger partial charge in [0.15, 0.2) is 0 Å². The maximum Gasteiger partial charge on any atom is -0.0443 e. The van der Waals surface area contributed by atoms with Crippen molar-refractivity contribution in [3.05, 3.63) is 0 Å². The van der Waals surface area contributed by atoms with E-state index in [1.807, 2.05) is 0 Å². The Balaban J connectivity index is 3.07. The van der Waals surface area contributed by atoms with Crippen molar-refractivity contribution < 1.29 is 0 Å². The first-order valence-corrected chi connectivity index (χ1v) is 9.31. The SMILES string of the molecule is CCCCCCCCCCC[C@@H](C)CCCCCC. The van der Waals surface area contributed by atoms with E-state index in [1.165, 1.54) is 96.3 Å². The van der Waals surface area contributed by atoms with E-state index in [9.17, 15) is 0 Å². The van der Waals surface area contributed by atoms with Gasteiger partial charge in [-0.05, 0) is 5.92 Å². The smallest absolute Gasteiger partial charge is 0.0443 e. The number of hydrogen-bond acceptors (Lipinski definition) is 0. The van der Waals surface area contributed by atoms with E-state index in [-0.39, 0.29) is 0 Å². The summed E-state index contributed by atoms with van der Waals surface area (Å²) in [5.74, 6) is 0.974. The van der Waals surface area contributed by atoms with Crippen molar-refractivity contribution in [2.45, 2.75) is 117 Å². The van der Waals surface area contributed by atoms with E-state index >= 15 is 0 Å². The molecule has 0 aromatic rings. The predicted molar refractivity (Wildman–Crippen MR) is 89.8 cm³/mol. The lowest BCUT2D eigenvalue weighted by atomic mass is 9.96. The van der Waals surface area contributed by atoms with E-state index in [1.54, 1.807) is 0 Å². The van der Waals surface area contributed by atoms with Crippen LogP contribution in [0, 0.1) is 5.92 Å². The summed E-state index contributed by atoms with van der Waals surface area (Å²) in [6.07, 6.45) is 21.8. The molecule has 0 saturated heterocycles. The molecular formula is C19H40. The first-order chi connectivity index (χ1) is 9.31. The standard InChI is InChI=1S/C19H40/c1-4-6-8-10-11-12-13-14-16-18-19(3)17-15-9-7-5-2/h19H,4-18H2,1-3H3/t19-/m0/s1. The van der Waals surface area contributed by atoms with Crippen LogP contribution in [0.15, 0.2) is 0 Å². The highest BCUT2D eigenvalue weighted by Crippen LogP contribution is 2.18. The maximum absolute atomic E-state index is 2.46. The fraction of sp³-hybridized carbons (Fsp3) is 1.00. The van der Waals surface area contributed by atoms with Gasteiger partial charge in [0.2, 0.25) is 0 Å². The first-order valence-electron chi connectivity index (χ1n) is 9.31. The van der Waals surface area contributed by atoms with Crippen LogP contribution >= 0.6 is 0 Å². The van der Waals surface area contributed by atoms with Gasteiger partial charge >= 0.3 is 0 Å². The van der Waals surface area contributed by atoms with E-state index in [0.717, 1.165) is 5.92 Å². The Morgan fingerprint density at radius 3 is 1.21 bits per heavy atom. The average molecular weight is 269 g/mol. The highest BCUT2D eigenvalue weighted by atomic mass is 14.1. The van der Waals surface area contributed by atoms with Gasteiger partial charge in [-0.25, -0.2) is 0 Å². The van der Waals surface area contributed by atoms with Gasteiger partial charge in [0.1, 0.15) is 0 Å². The minimum atomic E-state index is 0.974. The molecule has 0 unspecified atom stereocenters. The zero-order chi connectivity index (χ0) is 14.2. The quantitative estimate of drug-likeness (QED) is 0.269. The molecule has 0 heteroatoms. The molecule has 0 aromatic carbocycles. The van der Waals surface area contributed by atoms with Crippen molar-refractivity contribution in [2.24, 2.45) is 5.92 Å². The Kier molecular flexibility index (Phi) is 16.1. The monoisotopic (exact) mass is 268 g/mol. The molecule has 0 aliphatic rings. The second-order valence-electron chi connectivity index (χ2n) is 6.57. The summed E-state index contributed by atoms with van der Waals surface area (Å²) < 4.78 is 0. The molecule has 0 heterocycles. The summed E-state index contributed by atoms with van der Waals surface area (Å²) in [6.45, 7) is 7.05. The lowest BCUT2D eigenvalue weighted by Crippen LogP contribution is -1.95. The first kappa shape index (κ1) is 19.0. The van der Waals surface area contributed by atoms with Crippen molar-refractivity contribution in [3.8, 4) is 0 Å². The predicted octanol–water partition coefficient (Wildman–Crippen LogP) is 7.51. The largest absolute Gasteiger partial charge is 0.0654 e. The average Bonchev–Trinajstić information content (AvgIpc) is 2.42. The van der Waals surface area contributed by atoms with Crippen molar-refractivity contribution in [3.63, 3.8) is 0 Å². The lowest BCUT2D eigenvalue weighted by Gasteiger charge is -2.10. The van der Waals surface area contributed by atoms with Crippen LogP contribution in [0.25, 0.3) is 0 Å². The molecule has 0 aromatic heterocycles. The maximum atomic E-state index is 2.46. The Hall–Kier alpha value is 0. The molecule has 1 atom stereocenters. The molecule has 0 N–H and O–H groups in total. The van der Waals surface area contributed by atoms with Crippen molar-refractivity contribution in [1.82, 2.24) is 0 Å². The third-order valence-electron chi connectivity index (χ3n) is 4.35. The van der Waals surface area contributed by atoms with Gasteiger partial charge in [-0.3, -0.25) is 0 Å². The molecule has 0 amide bonds. The molecule has 0 bridgehead atoms. The van der Waals surface area contributed by atoms with Crippen LogP contribution in [0.2, 0.25) is 0 Å². The Morgan fingerprint density at radius 1 is 0.474 bits per heavy atom. The minimum Gasteiger partial charge on any atom is -0.0654 e. The fourth-order valence-electron chi connectivity index (χ4n) is 2.87. The highest BCUT2D eigenvalue weighted by molar-refractivity contribution is 4.55. The van der Waals surface area contributed by atoms with Gasteiger partial charge in [0.05, 0.1) is 0 Å². The molecule has 19 heavy (non-hydrogen) atoms. The van der Waals surface area contributed by atoms with E-state index in [0.29, 0.717) is 0 Å². The van der Waals surface area contributed by atoms with Crippen molar-refractivity contribution in [1.29, 1.82) is 0 Å². The minimum absolute atomic E-state index is 0.974. The van der Waals surface area contributed by atoms with Crippen LogP contribution in [-0.2, 0) is 0 Å². The summed E-state index contributed by atoms with van der Waals surface area (Å²) in [4.78, 5) is 0. The number of unbranched alkanes of at least 4 members (excludes halogenated alkanes) is 11. The van der Waals surface area contributed by atoms with Crippen LogP contribution < -0.4 is 0 Å². The molecule has 0 nitrogen and oxygen atoms in total. The molecule has 0 fully saturated rings. The molecule has 0 saturated carbocycles. The van der Waals surface area contributed by atoms with E-state index in [2.05, 4.69) is 20.8 Å². The lowest BCUT2D eigenvalue weighted by molar-refractivity contribution is 0.433. The highest BCUT2D eigenvalue weighted by Gasteiger charge is 2.01. The van der Waals surface area contributed by atoms with Gasteiger partial charge in [-0.1, -0.05) is 117 Å². The van der Waals surface area contributed by atoms with Crippen LogP contribution in [0.1, 0.15) is 117 Å². The van der Waals surface area contributed by atoms with Crippen LogP contribution in [0.4, 0.5) is 0 Å². The zero-order valence-electron chi connectivity index (χ0n) is 14.2. The third kappa shape index (κ3) is 15.9. The second kappa shape index (κ2) is 16.1. The number of hydrogen-bond donors (Lipinski definition) is 0. The van der Waals surface area contributed by atoms with E-state index < -0.39 is 0 Å². The molecule has 0 radical (unpaired) electrons. The third-order valence-corrected chi connectivity index (χ3v) is 4.35. The topological polar surface area (TPSA) is 0 Å². The van der Waals surface area contributed by atoms with Gasteiger partial charge in [0.25, 0.3) is 0 Å². The Morgan fingerprint density at radius 2 is 0.789 bits per heavy atom. The fourth-order valence-corrected chi connectivity index (χ4v) is 2.87. The molecular weight excluding hydrogens is 228 g/mol.